The van der Waals surface area contributed by atoms with Crippen molar-refractivity contribution in [3.63, 3.8) is 0 Å². The van der Waals surface area contributed by atoms with Crippen LogP contribution < -0.4 is 14.8 Å². The van der Waals surface area contributed by atoms with E-state index in [-0.39, 0.29) is 5.57 Å². The number of nitriles is 1. The van der Waals surface area contributed by atoms with Crippen LogP contribution in [-0.2, 0) is 11.4 Å². The molecule has 0 aliphatic rings. The average Bonchev–Trinajstić information content (AvgIpc) is 2.86. The van der Waals surface area contributed by atoms with Crippen LogP contribution in [-0.4, -0.2) is 13.0 Å². The molecule has 0 spiro atoms. The zero-order chi connectivity index (χ0) is 23.9. The Morgan fingerprint density at radius 1 is 1.03 bits per heavy atom. The average molecular weight is 469 g/mol. The van der Waals surface area contributed by atoms with E-state index < -0.39 is 5.91 Å². The maximum Gasteiger partial charge on any atom is 0.266 e. The zero-order valence-electron chi connectivity index (χ0n) is 18.4. The van der Waals surface area contributed by atoms with E-state index in [0.29, 0.717) is 34.4 Å². The predicted molar refractivity (Wildman–Crippen MR) is 135 cm³/mol. The van der Waals surface area contributed by atoms with Gasteiger partial charge in [-0.05, 0) is 52.7 Å². The molecule has 5 nitrogen and oxygen atoms in total. The van der Waals surface area contributed by atoms with Crippen molar-refractivity contribution in [2.45, 2.75) is 6.61 Å². The Morgan fingerprint density at radius 3 is 2.62 bits per heavy atom. The third kappa shape index (κ3) is 5.37. The van der Waals surface area contributed by atoms with Gasteiger partial charge >= 0.3 is 0 Å². The van der Waals surface area contributed by atoms with Crippen LogP contribution in [0, 0.1) is 11.3 Å². The van der Waals surface area contributed by atoms with E-state index in [1.54, 1.807) is 49.6 Å². The van der Waals surface area contributed by atoms with Crippen molar-refractivity contribution in [2.24, 2.45) is 0 Å². The number of carbonyl (C=O) groups is 1. The van der Waals surface area contributed by atoms with Crippen LogP contribution in [0.4, 0.5) is 5.69 Å². The number of carbonyl (C=O) groups excluding carboxylic acids is 1. The molecule has 0 saturated heterocycles. The van der Waals surface area contributed by atoms with Gasteiger partial charge in [-0.15, -0.1) is 0 Å². The number of rotatable bonds is 7. The Kier molecular flexibility index (Phi) is 7.12. The number of nitrogens with zero attached hydrogens (tertiary/aromatic N) is 1. The van der Waals surface area contributed by atoms with Crippen molar-refractivity contribution in [1.29, 1.82) is 5.26 Å². The van der Waals surface area contributed by atoms with Crippen molar-refractivity contribution >= 4 is 40.0 Å². The molecule has 0 fully saturated rings. The van der Waals surface area contributed by atoms with Crippen LogP contribution in [0.1, 0.15) is 11.1 Å². The van der Waals surface area contributed by atoms with Gasteiger partial charge in [0.25, 0.3) is 5.91 Å². The molecule has 34 heavy (non-hydrogen) atoms. The molecule has 4 aromatic rings. The van der Waals surface area contributed by atoms with Crippen molar-refractivity contribution < 1.29 is 14.3 Å². The second kappa shape index (κ2) is 10.6. The van der Waals surface area contributed by atoms with Gasteiger partial charge in [0, 0.05) is 22.3 Å². The Bertz CT molecular complexity index is 1420. The molecule has 0 radical (unpaired) electrons. The second-order valence-corrected chi connectivity index (χ2v) is 7.90. The summed E-state index contributed by atoms with van der Waals surface area (Å²) in [4.78, 5) is 12.7. The van der Waals surface area contributed by atoms with Crippen LogP contribution in [0.25, 0.3) is 16.8 Å². The number of methoxy groups -OCH3 is 1. The van der Waals surface area contributed by atoms with Crippen molar-refractivity contribution in [3.8, 4) is 17.6 Å². The second-order valence-electron chi connectivity index (χ2n) is 7.46. The van der Waals surface area contributed by atoms with E-state index in [1.807, 2.05) is 36.4 Å². The number of amides is 1. The van der Waals surface area contributed by atoms with Gasteiger partial charge in [-0.3, -0.25) is 4.79 Å². The van der Waals surface area contributed by atoms with Crippen LogP contribution >= 0.6 is 11.6 Å². The number of benzene rings is 4. The number of hydrogen-bond donors (Lipinski definition) is 1. The molecule has 0 heterocycles. The summed E-state index contributed by atoms with van der Waals surface area (Å²) in [5, 5.41) is 15.0. The lowest BCUT2D eigenvalue weighted by Gasteiger charge is -2.13. The third-order valence-corrected chi connectivity index (χ3v) is 5.47. The minimum Gasteiger partial charge on any atom is -0.497 e. The quantitative estimate of drug-likeness (QED) is 0.244. The van der Waals surface area contributed by atoms with E-state index in [1.165, 1.54) is 6.08 Å². The number of anilines is 1. The molecule has 4 aromatic carbocycles. The van der Waals surface area contributed by atoms with Gasteiger partial charge in [0.2, 0.25) is 0 Å². The first kappa shape index (κ1) is 22.9. The number of fused-ring (bicyclic) bond motifs is 1. The molecule has 0 aromatic heterocycles. The molecule has 1 N–H and O–H groups in total. The highest BCUT2D eigenvalue weighted by Crippen LogP contribution is 2.29. The lowest BCUT2D eigenvalue weighted by Crippen LogP contribution is -2.13. The molecule has 1 amide bonds. The maximum atomic E-state index is 12.7. The lowest BCUT2D eigenvalue weighted by molar-refractivity contribution is -0.112. The van der Waals surface area contributed by atoms with Crippen LogP contribution in [0.2, 0.25) is 5.02 Å². The highest BCUT2D eigenvalue weighted by atomic mass is 35.5. The molecule has 0 saturated carbocycles. The molecule has 168 valence electrons. The maximum absolute atomic E-state index is 12.7. The number of nitrogens with one attached hydrogen (secondary N) is 1. The van der Waals surface area contributed by atoms with E-state index in [0.717, 1.165) is 16.3 Å². The van der Waals surface area contributed by atoms with Crippen molar-refractivity contribution in [2.75, 3.05) is 12.4 Å². The van der Waals surface area contributed by atoms with E-state index in [2.05, 4.69) is 17.4 Å². The molecule has 0 bridgehead atoms. The minimum atomic E-state index is -0.541. The topological polar surface area (TPSA) is 71.3 Å². The predicted octanol–water partition coefficient (Wildman–Crippen LogP) is 6.63. The molecule has 0 aliphatic carbocycles. The van der Waals surface area contributed by atoms with Gasteiger partial charge in [0.05, 0.1) is 7.11 Å². The standard InChI is InChI=1S/C28H21ClN2O3/c1-33-25-13-12-20(14-22(17-30)28(32)31-24-10-5-9-23(29)15-24)27(16-25)34-18-21-8-4-7-19-6-2-3-11-26(19)21/h2-16H,18H2,1H3,(H,31,32)/b22-14+. The first-order valence-electron chi connectivity index (χ1n) is 10.5. The first-order chi connectivity index (χ1) is 16.6. The van der Waals surface area contributed by atoms with Crippen LogP contribution in [0.15, 0.2) is 90.5 Å². The molecule has 0 aliphatic heterocycles. The van der Waals surface area contributed by atoms with E-state index in [4.69, 9.17) is 21.1 Å². The van der Waals surface area contributed by atoms with Gasteiger partial charge < -0.3 is 14.8 Å². The Balaban J connectivity index is 1.62. The Labute approximate surface area is 202 Å². The van der Waals surface area contributed by atoms with Crippen molar-refractivity contribution in [3.05, 3.63) is 107 Å². The summed E-state index contributed by atoms with van der Waals surface area (Å²) in [7, 11) is 1.57. The van der Waals surface area contributed by atoms with Gasteiger partial charge in [-0.25, -0.2) is 0 Å². The molecule has 0 unspecified atom stereocenters. The molecular weight excluding hydrogens is 448 g/mol. The fourth-order valence-electron chi connectivity index (χ4n) is 3.53. The smallest absolute Gasteiger partial charge is 0.266 e. The minimum absolute atomic E-state index is 0.0693. The molecule has 6 heteroatoms. The van der Waals surface area contributed by atoms with E-state index >= 15 is 0 Å². The number of ether oxygens (including phenoxy) is 2. The van der Waals surface area contributed by atoms with Gasteiger partial charge in [0.15, 0.2) is 0 Å². The summed E-state index contributed by atoms with van der Waals surface area (Å²) in [5.41, 5.74) is 2.04. The monoisotopic (exact) mass is 468 g/mol. The fourth-order valence-corrected chi connectivity index (χ4v) is 3.72. The zero-order valence-corrected chi connectivity index (χ0v) is 19.2. The van der Waals surface area contributed by atoms with E-state index in [9.17, 15) is 10.1 Å². The summed E-state index contributed by atoms with van der Waals surface area (Å²) >= 11 is 5.98. The van der Waals surface area contributed by atoms with Crippen LogP contribution in [0.5, 0.6) is 11.5 Å². The molecule has 0 atom stereocenters. The van der Waals surface area contributed by atoms with Crippen LogP contribution in [0.3, 0.4) is 0 Å². The summed E-state index contributed by atoms with van der Waals surface area (Å²) in [6.07, 6.45) is 1.50. The summed E-state index contributed by atoms with van der Waals surface area (Å²) < 4.78 is 11.5. The van der Waals surface area contributed by atoms with Gasteiger partial charge in [-0.2, -0.15) is 5.26 Å². The fraction of sp³-hybridized carbons (Fsp3) is 0.0714. The lowest BCUT2D eigenvalue weighted by atomic mass is 10.1. The largest absolute Gasteiger partial charge is 0.497 e. The molecule has 4 rings (SSSR count). The summed E-state index contributed by atoms with van der Waals surface area (Å²) in [6.45, 7) is 0.311. The number of hydrogen-bond acceptors (Lipinski definition) is 4. The first-order valence-corrected chi connectivity index (χ1v) is 10.9. The number of halogens is 1. The third-order valence-electron chi connectivity index (χ3n) is 5.23. The molecular formula is C28H21ClN2O3. The SMILES string of the molecule is COc1ccc(/C=C(\C#N)C(=O)Nc2cccc(Cl)c2)c(OCc2cccc3ccccc23)c1. The van der Waals surface area contributed by atoms with Crippen molar-refractivity contribution in [1.82, 2.24) is 0 Å². The highest BCUT2D eigenvalue weighted by Gasteiger charge is 2.13. The summed E-state index contributed by atoms with van der Waals surface area (Å²) in [5.74, 6) is 0.558. The Morgan fingerprint density at radius 2 is 1.82 bits per heavy atom. The van der Waals surface area contributed by atoms with Gasteiger partial charge in [-0.1, -0.05) is 60.1 Å². The summed E-state index contributed by atoms with van der Waals surface area (Å²) in [6, 6.07) is 28.1. The normalized spacial score (nSPS) is 11.0. The van der Waals surface area contributed by atoms with Gasteiger partial charge in [0.1, 0.15) is 29.7 Å². The Hall–Kier alpha value is -4.27. The highest BCUT2D eigenvalue weighted by molar-refractivity contribution is 6.31.